The van der Waals surface area contributed by atoms with E-state index in [4.69, 9.17) is 16.3 Å². The van der Waals surface area contributed by atoms with Crippen LogP contribution in [0.2, 0.25) is 5.02 Å². The number of halogens is 1. The number of hydrogen-bond acceptors (Lipinski definition) is 5. The van der Waals surface area contributed by atoms with Gasteiger partial charge in [-0.3, -0.25) is 0 Å². The van der Waals surface area contributed by atoms with Crippen molar-refractivity contribution in [3.63, 3.8) is 0 Å². The Kier molecular flexibility index (Phi) is 3.92. The highest BCUT2D eigenvalue weighted by molar-refractivity contribution is 7.19. The van der Waals surface area contributed by atoms with Crippen molar-refractivity contribution in [3.05, 3.63) is 64.9 Å². The summed E-state index contributed by atoms with van der Waals surface area (Å²) < 4.78 is 6.99. The molecule has 2 aromatic carbocycles. The van der Waals surface area contributed by atoms with E-state index in [9.17, 15) is 0 Å². The van der Waals surface area contributed by atoms with Gasteiger partial charge in [-0.15, -0.1) is 10.2 Å². The Morgan fingerprint density at radius 1 is 1.04 bits per heavy atom. The highest BCUT2D eigenvalue weighted by Gasteiger charge is 2.13. The number of nitrogens with zero attached hydrogens (tertiary/aromatic N) is 4. The number of hydrogen-bond donors (Lipinski definition) is 0. The normalized spacial score (nSPS) is 11.1. The number of aromatic nitrogens is 4. The first-order chi connectivity index (χ1) is 11.7. The van der Waals surface area contributed by atoms with Gasteiger partial charge in [-0.05, 0) is 42.0 Å². The summed E-state index contributed by atoms with van der Waals surface area (Å²) in [6, 6.07) is 15.5. The molecule has 4 rings (SSSR count). The molecule has 0 aliphatic rings. The average molecular weight is 357 g/mol. The van der Waals surface area contributed by atoms with Gasteiger partial charge in [0.15, 0.2) is 5.82 Å². The van der Waals surface area contributed by atoms with Gasteiger partial charge in [0.05, 0.1) is 7.11 Å². The van der Waals surface area contributed by atoms with Crippen LogP contribution in [0, 0.1) is 0 Å². The SMILES string of the molecule is COc1ccc(-c2nn3c(Cc4ccc(Cl)cc4)nnc3s2)cc1. The highest BCUT2D eigenvalue weighted by Crippen LogP contribution is 2.27. The van der Waals surface area contributed by atoms with Crippen LogP contribution in [0.25, 0.3) is 15.5 Å². The van der Waals surface area contributed by atoms with Crippen LogP contribution in [-0.2, 0) is 6.42 Å². The zero-order valence-corrected chi connectivity index (χ0v) is 14.4. The first-order valence-corrected chi connectivity index (χ1v) is 8.52. The van der Waals surface area contributed by atoms with E-state index >= 15 is 0 Å². The molecule has 24 heavy (non-hydrogen) atoms. The molecule has 4 aromatic rings. The number of benzene rings is 2. The standard InChI is InChI=1S/C17H13ClN4OS/c1-23-14-8-4-12(5-9-14)16-21-22-15(19-20-17(22)24-16)10-11-2-6-13(18)7-3-11/h2-9H,10H2,1H3. The monoisotopic (exact) mass is 356 g/mol. The quantitative estimate of drug-likeness (QED) is 0.552. The fraction of sp³-hybridized carbons (Fsp3) is 0.118. The molecule has 0 bridgehead atoms. The second kappa shape index (κ2) is 6.22. The molecule has 2 aromatic heterocycles. The average Bonchev–Trinajstić information content (AvgIpc) is 3.19. The fourth-order valence-corrected chi connectivity index (χ4v) is 3.39. The van der Waals surface area contributed by atoms with Gasteiger partial charge in [0, 0.05) is 17.0 Å². The topological polar surface area (TPSA) is 52.3 Å². The molecule has 0 amide bonds. The molecule has 0 spiro atoms. The molecule has 2 heterocycles. The van der Waals surface area contributed by atoms with Crippen LogP contribution in [0.15, 0.2) is 48.5 Å². The summed E-state index contributed by atoms with van der Waals surface area (Å²) in [5.74, 6) is 1.63. The Morgan fingerprint density at radius 2 is 1.79 bits per heavy atom. The molecular weight excluding hydrogens is 344 g/mol. The molecule has 0 unspecified atom stereocenters. The van der Waals surface area contributed by atoms with E-state index in [-0.39, 0.29) is 0 Å². The molecule has 120 valence electrons. The molecule has 0 radical (unpaired) electrons. The fourth-order valence-electron chi connectivity index (χ4n) is 2.40. The first-order valence-electron chi connectivity index (χ1n) is 7.33. The van der Waals surface area contributed by atoms with Gasteiger partial charge in [0.25, 0.3) is 0 Å². The van der Waals surface area contributed by atoms with Gasteiger partial charge >= 0.3 is 0 Å². The van der Waals surface area contributed by atoms with Crippen molar-refractivity contribution in [2.45, 2.75) is 6.42 Å². The summed E-state index contributed by atoms with van der Waals surface area (Å²) in [7, 11) is 1.65. The summed E-state index contributed by atoms with van der Waals surface area (Å²) in [6.45, 7) is 0. The first kappa shape index (κ1) is 15.1. The van der Waals surface area contributed by atoms with E-state index in [0.29, 0.717) is 6.42 Å². The summed E-state index contributed by atoms with van der Waals surface area (Å²) in [5, 5.41) is 14.8. The lowest BCUT2D eigenvalue weighted by Gasteiger charge is -2.00. The lowest BCUT2D eigenvalue weighted by Crippen LogP contribution is -1.97. The van der Waals surface area contributed by atoms with E-state index in [1.54, 1.807) is 11.6 Å². The molecule has 7 heteroatoms. The highest BCUT2D eigenvalue weighted by atomic mass is 35.5. The van der Waals surface area contributed by atoms with Gasteiger partial charge in [0.2, 0.25) is 4.96 Å². The van der Waals surface area contributed by atoms with E-state index in [1.165, 1.54) is 11.3 Å². The second-order valence-electron chi connectivity index (χ2n) is 5.25. The summed E-state index contributed by atoms with van der Waals surface area (Å²) in [4.78, 5) is 0.782. The number of ether oxygens (including phenoxy) is 1. The third kappa shape index (κ3) is 2.86. The van der Waals surface area contributed by atoms with Crippen molar-refractivity contribution in [2.75, 3.05) is 7.11 Å². The Bertz CT molecular complexity index is 976. The van der Waals surface area contributed by atoms with Crippen LogP contribution in [-0.4, -0.2) is 26.9 Å². The van der Waals surface area contributed by atoms with Crippen LogP contribution in [0.3, 0.4) is 0 Å². The van der Waals surface area contributed by atoms with Crippen LogP contribution in [0.1, 0.15) is 11.4 Å². The Labute approximate surface area is 147 Å². The smallest absolute Gasteiger partial charge is 0.234 e. The van der Waals surface area contributed by atoms with Gasteiger partial charge < -0.3 is 4.74 Å². The molecule has 0 aliphatic carbocycles. The zero-order valence-electron chi connectivity index (χ0n) is 12.8. The van der Waals surface area contributed by atoms with Crippen molar-refractivity contribution in [3.8, 4) is 16.3 Å². The lowest BCUT2D eigenvalue weighted by molar-refractivity contribution is 0.415. The Hall–Kier alpha value is -2.44. The predicted molar refractivity (Wildman–Crippen MR) is 94.9 cm³/mol. The van der Waals surface area contributed by atoms with Crippen molar-refractivity contribution < 1.29 is 4.74 Å². The maximum absolute atomic E-state index is 5.93. The molecule has 0 saturated carbocycles. The molecule has 0 N–H and O–H groups in total. The molecule has 0 fully saturated rings. The maximum Gasteiger partial charge on any atom is 0.234 e. The van der Waals surface area contributed by atoms with Crippen LogP contribution in [0.4, 0.5) is 0 Å². The van der Waals surface area contributed by atoms with Crippen LogP contribution < -0.4 is 4.74 Å². The van der Waals surface area contributed by atoms with Gasteiger partial charge in [-0.25, -0.2) is 0 Å². The van der Waals surface area contributed by atoms with Gasteiger partial charge in [0.1, 0.15) is 10.8 Å². The van der Waals surface area contributed by atoms with E-state index in [0.717, 1.165) is 37.7 Å². The minimum absolute atomic E-state index is 0.657. The zero-order chi connectivity index (χ0) is 16.5. The number of rotatable bonds is 4. The third-order valence-corrected chi connectivity index (χ3v) is 4.87. The molecular formula is C17H13ClN4OS. The Morgan fingerprint density at radius 3 is 2.50 bits per heavy atom. The number of fused-ring (bicyclic) bond motifs is 1. The maximum atomic E-state index is 5.93. The van der Waals surface area contributed by atoms with Crippen molar-refractivity contribution in [2.24, 2.45) is 0 Å². The minimum Gasteiger partial charge on any atom is -0.497 e. The van der Waals surface area contributed by atoms with E-state index in [1.807, 2.05) is 48.5 Å². The van der Waals surface area contributed by atoms with E-state index < -0.39 is 0 Å². The van der Waals surface area contributed by atoms with Crippen molar-refractivity contribution in [1.82, 2.24) is 19.8 Å². The third-order valence-electron chi connectivity index (χ3n) is 3.67. The van der Waals surface area contributed by atoms with Crippen molar-refractivity contribution >= 4 is 27.9 Å². The predicted octanol–water partition coefficient (Wildman–Crippen LogP) is 4.11. The van der Waals surface area contributed by atoms with E-state index in [2.05, 4.69) is 15.3 Å². The molecule has 5 nitrogen and oxygen atoms in total. The molecule has 0 atom stereocenters. The molecule has 0 aliphatic heterocycles. The number of methoxy groups -OCH3 is 1. The summed E-state index contributed by atoms with van der Waals surface area (Å²) in [6.07, 6.45) is 0.657. The summed E-state index contributed by atoms with van der Waals surface area (Å²) >= 11 is 7.44. The Balaban J connectivity index is 1.66. The van der Waals surface area contributed by atoms with Gasteiger partial charge in [-0.2, -0.15) is 9.61 Å². The largest absolute Gasteiger partial charge is 0.497 e. The van der Waals surface area contributed by atoms with Crippen LogP contribution >= 0.6 is 22.9 Å². The second-order valence-corrected chi connectivity index (χ2v) is 6.64. The molecule has 0 saturated heterocycles. The minimum atomic E-state index is 0.657. The summed E-state index contributed by atoms with van der Waals surface area (Å²) in [5.41, 5.74) is 2.15. The van der Waals surface area contributed by atoms with Crippen LogP contribution in [0.5, 0.6) is 5.75 Å². The van der Waals surface area contributed by atoms with Crippen molar-refractivity contribution in [1.29, 1.82) is 0 Å². The van der Waals surface area contributed by atoms with Gasteiger partial charge in [-0.1, -0.05) is 35.1 Å². The lowest BCUT2D eigenvalue weighted by atomic mass is 10.1.